The molecule has 0 atom stereocenters. The summed E-state index contributed by atoms with van der Waals surface area (Å²) in [6.45, 7) is 0.960. The first-order valence-corrected chi connectivity index (χ1v) is 5.91. The van der Waals surface area contributed by atoms with Crippen LogP contribution in [-0.4, -0.2) is 38.5 Å². The minimum absolute atomic E-state index is 0.0396. The van der Waals surface area contributed by atoms with Crippen LogP contribution in [0.3, 0.4) is 0 Å². The van der Waals surface area contributed by atoms with E-state index in [0.29, 0.717) is 24.2 Å². The number of oxime groups is 1. The molecule has 2 rings (SSSR count). The van der Waals surface area contributed by atoms with Crippen LogP contribution in [0.2, 0.25) is 0 Å². The molecule has 20 heavy (non-hydrogen) atoms. The van der Waals surface area contributed by atoms with E-state index in [1.165, 1.54) is 0 Å². The summed E-state index contributed by atoms with van der Waals surface area (Å²) in [7, 11) is 0. The number of carbonyl (C=O) groups is 1. The van der Waals surface area contributed by atoms with Crippen molar-refractivity contribution in [2.45, 2.75) is 6.54 Å². The van der Waals surface area contributed by atoms with E-state index in [1.54, 1.807) is 41.3 Å². The Hall–Kier alpha value is -2.90. The van der Waals surface area contributed by atoms with Gasteiger partial charge in [0.15, 0.2) is 5.84 Å². The molecule has 0 unspecified atom stereocenters. The second-order valence-electron chi connectivity index (χ2n) is 3.99. The van der Waals surface area contributed by atoms with Gasteiger partial charge in [-0.25, -0.2) is 0 Å². The summed E-state index contributed by atoms with van der Waals surface area (Å²) in [5.41, 5.74) is 6.40. The molecule has 1 heterocycles. The molecule has 1 aromatic heterocycles. The fraction of sp³-hybridized carbons (Fsp3) is 0.167. The molecule has 104 valence electrons. The average molecular weight is 274 g/mol. The van der Waals surface area contributed by atoms with Gasteiger partial charge in [0.2, 0.25) is 0 Å². The van der Waals surface area contributed by atoms with Crippen LogP contribution < -0.4 is 11.1 Å². The zero-order valence-corrected chi connectivity index (χ0v) is 10.6. The fourth-order valence-electron chi connectivity index (χ4n) is 1.62. The number of carbonyl (C=O) groups excluding carboxylic acids is 1. The van der Waals surface area contributed by atoms with E-state index in [1.807, 2.05) is 0 Å². The summed E-state index contributed by atoms with van der Waals surface area (Å²) in [4.78, 5) is 11.9. The van der Waals surface area contributed by atoms with Gasteiger partial charge in [0, 0.05) is 23.9 Å². The van der Waals surface area contributed by atoms with Crippen LogP contribution in [0.15, 0.2) is 41.8 Å². The number of benzene rings is 1. The Balaban J connectivity index is 1.95. The van der Waals surface area contributed by atoms with Crippen LogP contribution in [0.1, 0.15) is 15.9 Å². The summed E-state index contributed by atoms with van der Waals surface area (Å²) in [5.74, 6) is -0.278. The Morgan fingerprint density at radius 2 is 2.25 bits per heavy atom. The van der Waals surface area contributed by atoms with Gasteiger partial charge in [-0.2, -0.15) is 0 Å². The van der Waals surface area contributed by atoms with Crippen molar-refractivity contribution in [3.63, 3.8) is 0 Å². The van der Waals surface area contributed by atoms with Gasteiger partial charge in [-0.05, 0) is 12.1 Å². The van der Waals surface area contributed by atoms with Crippen molar-refractivity contribution < 1.29 is 10.0 Å². The topological polar surface area (TPSA) is 118 Å². The molecular formula is C12H14N6O2. The number of amidine groups is 1. The molecule has 1 amide bonds. The van der Waals surface area contributed by atoms with Crippen molar-refractivity contribution in [3.05, 3.63) is 47.8 Å². The number of hydrogen-bond donors (Lipinski definition) is 3. The van der Waals surface area contributed by atoms with Gasteiger partial charge in [-0.15, -0.1) is 5.10 Å². The first-order valence-electron chi connectivity index (χ1n) is 5.91. The van der Waals surface area contributed by atoms with E-state index in [4.69, 9.17) is 10.9 Å². The molecule has 0 aliphatic rings. The quantitative estimate of drug-likeness (QED) is 0.302. The molecule has 0 saturated heterocycles. The number of aromatic nitrogens is 3. The maximum atomic E-state index is 11.9. The first kappa shape index (κ1) is 13.5. The van der Waals surface area contributed by atoms with Crippen LogP contribution in [0.4, 0.5) is 0 Å². The largest absolute Gasteiger partial charge is 0.409 e. The van der Waals surface area contributed by atoms with Crippen LogP contribution in [0, 0.1) is 0 Å². The maximum Gasteiger partial charge on any atom is 0.251 e. The highest BCUT2D eigenvalue weighted by Crippen LogP contribution is 2.05. The summed E-state index contributed by atoms with van der Waals surface area (Å²) < 4.78 is 1.62. The number of nitrogens with zero attached hydrogens (tertiary/aromatic N) is 4. The van der Waals surface area contributed by atoms with Crippen molar-refractivity contribution >= 4 is 11.7 Å². The molecule has 8 nitrogen and oxygen atoms in total. The van der Waals surface area contributed by atoms with E-state index in [2.05, 4.69) is 20.8 Å². The molecule has 0 fully saturated rings. The van der Waals surface area contributed by atoms with Gasteiger partial charge >= 0.3 is 0 Å². The van der Waals surface area contributed by atoms with E-state index in [0.717, 1.165) is 0 Å². The van der Waals surface area contributed by atoms with Crippen molar-refractivity contribution in [2.75, 3.05) is 6.54 Å². The molecule has 4 N–H and O–H groups in total. The molecular weight excluding hydrogens is 260 g/mol. The van der Waals surface area contributed by atoms with E-state index in [9.17, 15) is 4.79 Å². The second-order valence-corrected chi connectivity index (χ2v) is 3.99. The van der Waals surface area contributed by atoms with Crippen LogP contribution >= 0.6 is 0 Å². The minimum atomic E-state index is -0.238. The molecule has 0 saturated carbocycles. The summed E-state index contributed by atoms with van der Waals surface area (Å²) in [6, 6.07) is 6.53. The Labute approximate surface area is 114 Å². The first-order chi connectivity index (χ1) is 9.70. The van der Waals surface area contributed by atoms with E-state index in [-0.39, 0.29) is 11.7 Å². The van der Waals surface area contributed by atoms with Gasteiger partial charge < -0.3 is 16.3 Å². The number of hydrogen-bond acceptors (Lipinski definition) is 5. The third kappa shape index (κ3) is 3.31. The predicted octanol–water partition coefficient (Wildman–Crippen LogP) is -0.197. The third-order valence-electron chi connectivity index (χ3n) is 2.63. The van der Waals surface area contributed by atoms with Gasteiger partial charge in [-0.1, -0.05) is 22.5 Å². The summed E-state index contributed by atoms with van der Waals surface area (Å²) in [5, 5.41) is 21.7. The lowest BCUT2D eigenvalue weighted by molar-refractivity contribution is 0.0952. The van der Waals surface area contributed by atoms with Gasteiger partial charge in [0.1, 0.15) is 0 Å². The molecule has 0 aliphatic heterocycles. The summed E-state index contributed by atoms with van der Waals surface area (Å²) >= 11 is 0. The van der Waals surface area contributed by atoms with E-state index < -0.39 is 0 Å². The highest BCUT2D eigenvalue weighted by Gasteiger charge is 2.07. The molecule has 0 bridgehead atoms. The highest BCUT2D eigenvalue weighted by molar-refractivity contribution is 6.01. The SMILES string of the molecule is N/C(=N/O)c1cccc(C(=O)NCCn2ccnn2)c1. The predicted molar refractivity (Wildman–Crippen MR) is 71.3 cm³/mol. The second kappa shape index (κ2) is 6.32. The number of amides is 1. The molecule has 2 aromatic rings. The fourth-order valence-corrected chi connectivity index (χ4v) is 1.62. The van der Waals surface area contributed by atoms with Gasteiger partial charge in [0.25, 0.3) is 5.91 Å². The summed E-state index contributed by atoms with van der Waals surface area (Å²) in [6.07, 6.45) is 3.29. The Kier molecular flexibility index (Phi) is 4.28. The Morgan fingerprint density at radius 3 is 2.95 bits per heavy atom. The Morgan fingerprint density at radius 1 is 1.45 bits per heavy atom. The average Bonchev–Trinajstić information content (AvgIpc) is 2.99. The lowest BCUT2D eigenvalue weighted by Gasteiger charge is -2.06. The van der Waals surface area contributed by atoms with Crippen LogP contribution in [0.25, 0.3) is 0 Å². The van der Waals surface area contributed by atoms with Crippen LogP contribution in [0.5, 0.6) is 0 Å². The van der Waals surface area contributed by atoms with Crippen molar-refractivity contribution in [3.8, 4) is 0 Å². The monoisotopic (exact) mass is 274 g/mol. The van der Waals surface area contributed by atoms with E-state index >= 15 is 0 Å². The Bertz CT molecular complexity index is 608. The zero-order chi connectivity index (χ0) is 14.4. The standard InChI is InChI=1S/C12H14N6O2/c13-11(16-20)9-2-1-3-10(8-9)12(19)14-4-6-18-7-5-15-17-18/h1-3,5,7-8,20H,4,6H2,(H2,13,16)(H,14,19). The van der Waals surface area contributed by atoms with Gasteiger partial charge in [-0.3, -0.25) is 9.48 Å². The number of nitrogens with two attached hydrogens (primary N) is 1. The molecule has 0 radical (unpaired) electrons. The molecule has 0 spiro atoms. The number of nitrogens with one attached hydrogen (secondary N) is 1. The van der Waals surface area contributed by atoms with Crippen LogP contribution in [-0.2, 0) is 6.54 Å². The van der Waals surface area contributed by atoms with Crippen molar-refractivity contribution in [2.24, 2.45) is 10.9 Å². The smallest absolute Gasteiger partial charge is 0.251 e. The van der Waals surface area contributed by atoms with Crippen molar-refractivity contribution in [1.29, 1.82) is 0 Å². The highest BCUT2D eigenvalue weighted by atomic mass is 16.4. The van der Waals surface area contributed by atoms with Crippen molar-refractivity contribution in [1.82, 2.24) is 20.3 Å². The molecule has 1 aromatic carbocycles. The zero-order valence-electron chi connectivity index (χ0n) is 10.6. The maximum absolute atomic E-state index is 11.9. The lowest BCUT2D eigenvalue weighted by atomic mass is 10.1. The lowest BCUT2D eigenvalue weighted by Crippen LogP contribution is -2.27. The minimum Gasteiger partial charge on any atom is -0.409 e. The molecule has 8 heteroatoms. The number of rotatable bonds is 5. The van der Waals surface area contributed by atoms with Gasteiger partial charge in [0.05, 0.1) is 12.7 Å². The third-order valence-corrected chi connectivity index (χ3v) is 2.63. The normalized spacial score (nSPS) is 11.3. The molecule has 0 aliphatic carbocycles.